The van der Waals surface area contributed by atoms with Crippen molar-refractivity contribution in [1.82, 2.24) is 10.2 Å². The molecule has 3 rings (SSSR count). The van der Waals surface area contributed by atoms with E-state index in [1.807, 2.05) is 37.4 Å². The minimum atomic E-state index is -0.504. The first-order valence-electron chi connectivity index (χ1n) is 8.02. The van der Waals surface area contributed by atoms with Gasteiger partial charge >= 0.3 is 0 Å². The minimum Gasteiger partial charge on any atom is -0.500 e. The lowest BCUT2D eigenvalue weighted by molar-refractivity contribution is 0.0599. The number of aliphatic hydroxyl groups excluding tert-OH is 1. The van der Waals surface area contributed by atoms with E-state index in [4.69, 9.17) is 4.74 Å². The van der Waals surface area contributed by atoms with Crippen LogP contribution in [0.4, 0.5) is 0 Å². The molecule has 4 nitrogen and oxygen atoms in total. The Morgan fingerprint density at radius 2 is 2.04 bits per heavy atom. The van der Waals surface area contributed by atoms with E-state index in [1.165, 1.54) is 0 Å². The van der Waals surface area contributed by atoms with Crippen LogP contribution < -0.4 is 5.32 Å². The van der Waals surface area contributed by atoms with E-state index < -0.39 is 6.10 Å². The van der Waals surface area contributed by atoms with Gasteiger partial charge in [-0.15, -0.1) is 0 Å². The van der Waals surface area contributed by atoms with Crippen molar-refractivity contribution in [3.63, 3.8) is 0 Å². The highest BCUT2D eigenvalue weighted by Gasteiger charge is 2.38. The highest BCUT2D eigenvalue weighted by molar-refractivity contribution is 5.32. The van der Waals surface area contributed by atoms with Crippen molar-refractivity contribution in [1.29, 1.82) is 0 Å². The first-order valence-corrected chi connectivity index (χ1v) is 8.02. The summed E-state index contributed by atoms with van der Waals surface area (Å²) in [6.45, 7) is 0.540. The molecular formula is C19H24N2O2. The predicted molar refractivity (Wildman–Crippen MR) is 91.6 cm³/mol. The van der Waals surface area contributed by atoms with E-state index in [0.717, 1.165) is 11.3 Å². The third-order valence-corrected chi connectivity index (χ3v) is 4.55. The summed E-state index contributed by atoms with van der Waals surface area (Å²) >= 11 is 0. The fourth-order valence-electron chi connectivity index (χ4n) is 3.49. The van der Waals surface area contributed by atoms with Crippen molar-refractivity contribution in [3.05, 3.63) is 72.2 Å². The van der Waals surface area contributed by atoms with Gasteiger partial charge in [-0.25, -0.2) is 0 Å². The third kappa shape index (κ3) is 3.05. The van der Waals surface area contributed by atoms with Crippen LogP contribution in [0.3, 0.4) is 0 Å². The molecule has 1 aromatic rings. The number of hydrogen-bond acceptors (Lipinski definition) is 4. The second kappa shape index (κ2) is 7.02. The standard InChI is InChI=1S/C19H24N2O2/c1-20-13-17(22)19(14-7-4-3-5-8-14)21-12-11-15-16(21)9-6-10-18(15)23-2/h3-12,15-17,19-20,22H,13H2,1-2H3/t15?,16?,17-,19+/m1/s1. The van der Waals surface area contributed by atoms with Gasteiger partial charge in [-0.3, -0.25) is 0 Å². The number of nitrogens with one attached hydrogen (secondary N) is 1. The maximum atomic E-state index is 10.7. The number of methoxy groups -OCH3 is 1. The van der Waals surface area contributed by atoms with Gasteiger partial charge in [-0.2, -0.15) is 0 Å². The van der Waals surface area contributed by atoms with Gasteiger partial charge in [0.1, 0.15) is 5.76 Å². The summed E-state index contributed by atoms with van der Waals surface area (Å²) in [5, 5.41) is 13.8. The van der Waals surface area contributed by atoms with Crippen LogP contribution in [0.25, 0.3) is 0 Å². The number of nitrogens with zero attached hydrogens (tertiary/aromatic N) is 1. The van der Waals surface area contributed by atoms with Gasteiger partial charge in [0.25, 0.3) is 0 Å². The molecule has 122 valence electrons. The summed E-state index contributed by atoms with van der Waals surface area (Å²) in [6.07, 6.45) is 9.97. The smallest absolute Gasteiger partial charge is 0.105 e. The molecule has 1 heterocycles. The van der Waals surface area contributed by atoms with Crippen molar-refractivity contribution in [2.75, 3.05) is 20.7 Å². The summed E-state index contributed by atoms with van der Waals surface area (Å²) in [5.41, 5.74) is 1.11. The fourth-order valence-corrected chi connectivity index (χ4v) is 3.49. The Bertz CT molecular complexity index is 609. The van der Waals surface area contributed by atoms with Crippen molar-refractivity contribution in [3.8, 4) is 0 Å². The highest BCUT2D eigenvalue weighted by atomic mass is 16.5. The number of benzene rings is 1. The summed E-state index contributed by atoms with van der Waals surface area (Å²) < 4.78 is 5.50. The van der Waals surface area contributed by atoms with Gasteiger partial charge in [-0.05, 0) is 24.9 Å². The summed E-state index contributed by atoms with van der Waals surface area (Å²) in [7, 11) is 3.57. The quantitative estimate of drug-likeness (QED) is 0.845. The predicted octanol–water partition coefficient (Wildman–Crippen LogP) is 2.22. The molecule has 2 aliphatic rings. The molecule has 1 aliphatic heterocycles. The maximum Gasteiger partial charge on any atom is 0.105 e. The number of likely N-dealkylation sites (N-methyl/N-ethyl adjacent to an activating group) is 1. The van der Waals surface area contributed by atoms with Crippen LogP contribution >= 0.6 is 0 Å². The SMILES string of the molecule is CNC[C@@H](O)[C@H](c1ccccc1)N1C=CC2C(OC)=CC=CC21. The zero-order chi connectivity index (χ0) is 16.2. The minimum absolute atomic E-state index is 0.101. The molecule has 4 atom stereocenters. The molecule has 4 heteroatoms. The first kappa shape index (κ1) is 15.8. The molecule has 2 N–H and O–H groups in total. The molecule has 0 aromatic heterocycles. The molecule has 0 bridgehead atoms. The average Bonchev–Trinajstić information content (AvgIpc) is 3.00. The summed E-state index contributed by atoms with van der Waals surface area (Å²) in [5.74, 6) is 1.17. The molecule has 1 aliphatic carbocycles. The molecule has 2 unspecified atom stereocenters. The second-order valence-electron chi connectivity index (χ2n) is 5.94. The van der Waals surface area contributed by atoms with Gasteiger partial charge in [0, 0.05) is 6.54 Å². The maximum absolute atomic E-state index is 10.7. The Hall–Kier alpha value is -2.04. The van der Waals surface area contributed by atoms with Gasteiger partial charge in [-0.1, -0.05) is 48.6 Å². The number of ether oxygens (including phenoxy) is 1. The lowest BCUT2D eigenvalue weighted by Gasteiger charge is -2.38. The number of allylic oxidation sites excluding steroid dienone is 2. The lowest BCUT2D eigenvalue weighted by atomic mass is 9.92. The fraction of sp³-hybridized carbons (Fsp3) is 0.368. The van der Waals surface area contributed by atoms with Crippen LogP contribution in [0.1, 0.15) is 11.6 Å². The van der Waals surface area contributed by atoms with Crippen molar-refractivity contribution in [2.24, 2.45) is 5.92 Å². The van der Waals surface area contributed by atoms with Gasteiger partial charge < -0.3 is 20.1 Å². The molecule has 23 heavy (non-hydrogen) atoms. The van der Waals surface area contributed by atoms with Crippen molar-refractivity contribution >= 4 is 0 Å². The van der Waals surface area contributed by atoms with E-state index in [0.29, 0.717) is 6.54 Å². The molecule has 0 saturated heterocycles. The number of fused-ring (bicyclic) bond motifs is 1. The topological polar surface area (TPSA) is 44.7 Å². The molecule has 0 fully saturated rings. The van der Waals surface area contributed by atoms with E-state index in [1.54, 1.807) is 7.11 Å². The molecule has 1 aromatic carbocycles. The zero-order valence-electron chi connectivity index (χ0n) is 13.6. The zero-order valence-corrected chi connectivity index (χ0v) is 13.6. The van der Waals surface area contributed by atoms with E-state index in [2.05, 4.69) is 40.7 Å². The van der Waals surface area contributed by atoms with Crippen LogP contribution in [-0.2, 0) is 4.74 Å². The van der Waals surface area contributed by atoms with Crippen LogP contribution in [0.15, 0.2) is 66.6 Å². The Morgan fingerprint density at radius 3 is 2.74 bits per heavy atom. The van der Waals surface area contributed by atoms with Gasteiger partial charge in [0.15, 0.2) is 0 Å². The number of hydrogen-bond donors (Lipinski definition) is 2. The second-order valence-corrected chi connectivity index (χ2v) is 5.94. The highest BCUT2D eigenvalue weighted by Crippen LogP contribution is 2.38. The summed E-state index contributed by atoms with van der Waals surface area (Å²) in [4.78, 5) is 2.24. The van der Waals surface area contributed by atoms with Gasteiger partial charge in [0.05, 0.1) is 31.2 Å². The van der Waals surface area contributed by atoms with E-state index in [-0.39, 0.29) is 18.0 Å². The van der Waals surface area contributed by atoms with Crippen LogP contribution in [0, 0.1) is 5.92 Å². The lowest BCUT2D eigenvalue weighted by Crippen LogP contribution is -2.43. The largest absolute Gasteiger partial charge is 0.500 e. The average molecular weight is 312 g/mol. The van der Waals surface area contributed by atoms with Crippen LogP contribution in [0.5, 0.6) is 0 Å². The van der Waals surface area contributed by atoms with E-state index in [9.17, 15) is 5.11 Å². The Morgan fingerprint density at radius 1 is 1.26 bits per heavy atom. The molecular weight excluding hydrogens is 288 g/mol. The van der Waals surface area contributed by atoms with Gasteiger partial charge in [0.2, 0.25) is 0 Å². The normalized spacial score (nSPS) is 25.0. The van der Waals surface area contributed by atoms with Crippen molar-refractivity contribution < 1.29 is 9.84 Å². The Kier molecular flexibility index (Phi) is 4.84. The monoisotopic (exact) mass is 312 g/mol. The first-order chi connectivity index (χ1) is 11.3. The Balaban J connectivity index is 1.91. The molecule has 0 saturated carbocycles. The van der Waals surface area contributed by atoms with Crippen LogP contribution in [-0.4, -0.2) is 42.9 Å². The third-order valence-electron chi connectivity index (χ3n) is 4.55. The van der Waals surface area contributed by atoms with Crippen molar-refractivity contribution in [2.45, 2.75) is 18.2 Å². The molecule has 0 spiro atoms. The Labute approximate surface area is 137 Å². The van der Waals surface area contributed by atoms with E-state index >= 15 is 0 Å². The molecule has 0 amide bonds. The molecule has 0 radical (unpaired) electrons. The van der Waals surface area contributed by atoms with Crippen LogP contribution in [0.2, 0.25) is 0 Å². The summed E-state index contributed by atoms with van der Waals surface area (Å²) in [6, 6.07) is 10.3. The number of rotatable bonds is 6. The number of aliphatic hydroxyl groups is 1.